The molecule has 1 atom stereocenters. The fourth-order valence-electron chi connectivity index (χ4n) is 4.57. The maximum atomic E-state index is 13.6. The standard InChI is InChI=1S/C29H26N2O6S/c1-5-37-18-13-14-20-22(15-18)38-29(30-20)31-24(19-7-6-8-21(35-3)27(19)36-4)23(26(33)28(31)34)25(32)17-11-9-16(2)10-12-17/h6-15,24,32H,5H2,1-4H3/b25-23+/t24-/m1/s1. The quantitative estimate of drug-likeness (QED) is 0.187. The Kier molecular flexibility index (Phi) is 6.77. The Morgan fingerprint density at radius 1 is 1.05 bits per heavy atom. The van der Waals surface area contributed by atoms with Gasteiger partial charge in [0.25, 0.3) is 5.78 Å². The SMILES string of the molecule is CCOc1ccc2nc(N3C(=O)C(=O)/C(=C(/O)c4ccc(C)cc4)[C@H]3c3cccc(OC)c3OC)sc2c1. The van der Waals surface area contributed by atoms with Crippen LogP contribution in [0, 0.1) is 6.92 Å². The Labute approximate surface area is 223 Å². The number of carbonyl (C=O) groups is 2. The summed E-state index contributed by atoms with van der Waals surface area (Å²) in [6.07, 6.45) is 0. The van der Waals surface area contributed by atoms with Crippen LogP contribution in [-0.4, -0.2) is 42.6 Å². The zero-order valence-corrected chi connectivity index (χ0v) is 22.2. The fraction of sp³-hybridized carbons (Fsp3) is 0.207. The van der Waals surface area contributed by atoms with Crippen molar-refractivity contribution >= 4 is 44.1 Å². The molecule has 4 aromatic rings. The number of benzene rings is 3. The van der Waals surface area contributed by atoms with Gasteiger partial charge in [-0.3, -0.25) is 14.5 Å². The first-order valence-electron chi connectivity index (χ1n) is 12.0. The van der Waals surface area contributed by atoms with E-state index in [2.05, 4.69) is 4.98 Å². The van der Waals surface area contributed by atoms with Gasteiger partial charge in [-0.05, 0) is 38.1 Å². The van der Waals surface area contributed by atoms with Gasteiger partial charge in [-0.15, -0.1) is 0 Å². The predicted molar refractivity (Wildman–Crippen MR) is 146 cm³/mol. The monoisotopic (exact) mass is 530 g/mol. The van der Waals surface area contributed by atoms with E-state index in [4.69, 9.17) is 14.2 Å². The zero-order valence-electron chi connectivity index (χ0n) is 21.3. The number of aliphatic hydroxyl groups is 1. The average molecular weight is 531 g/mol. The van der Waals surface area contributed by atoms with Crippen LogP contribution in [0.15, 0.2) is 66.2 Å². The van der Waals surface area contributed by atoms with Crippen LogP contribution in [0.5, 0.6) is 17.2 Å². The molecule has 2 heterocycles. The van der Waals surface area contributed by atoms with Crippen LogP contribution in [0.3, 0.4) is 0 Å². The van der Waals surface area contributed by atoms with Gasteiger partial charge in [0.05, 0.1) is 36.6 Å². The first kappa shape index (κ1) is 25.3. The smallest absolute Gasteiger partial charge is 0.301 e. The van der Waals surface area contributed by atoms with Gasteiger partial charge in [-0.2, -0.15) is 0 Å². The molecule has 1 aliphatic heterocycles. The van der Waals surface area contributed by atoms with Crippen LogP contribution in [0.2, 0.25) is 0 Å². The number of rotatable bonds is 7. The van der Waals surface area contributed by atoms with E-state index < -0.39 is 17.7 Å². The number of hydrogen-bond donors (Lipinski definition) is 1. The number of ether oxygens (including phenoxy) is 3. The Morgan fingerprint density at radius 2 is 1.82 bits per heavy atom. The highest BCUT2D eigenvalue weighted by molar-refractivity contribution is 7.22. The molecule has 0 saturated carbocycles. The van der Waals surface area contributed by atoms with Gasteiger partial charge in [0.15, 0.2) is 16.6 Å². The molecule has 9 heteroatoms. The van der Waals surface area contributed by atoms with Crippen LogP contribution in [0.25, 0.3) is 16.0 Å². The minimum absolute atomic E-state index is 0.0559. The maximum absolute atomic E-state index is 13.6. The van der Waals surface area contributed by atoms with Gasteiger partial charge in [-0.1, -0.05) is 53.3 Å². The molecule has 1 amide bonds. The normalized spacial score (nSPS) is 16.7. The van der Waals surface area contributed by atoms with E-state index in [9.17, 15) is 14.7 Å². The molecular formula is C29H26N2O6S. The molecule has 0 radical (unpaired) electrons. The van der Waals surface area contributed by atoms with Crippen LogP contribution < -0.4 is 19.1 Å². The number of ketones is 1. The molecule has 1 N–H and O–H groups in total. The first-order valence-corrected chi connectivity index (χ1v) is 12.8. The molecule has 1 saturated heterocycles. The Hall–Kier alpha value is -4.37. The van der Waals surface area contributed by atoms with Gasteiger partial charge >= 0.3 is 5.91 Å². The summed E-state index contributed by atoms with van der Waals surface area (Å²) in [7, 11) is 2.99. The molecular weight excluding hydrogens is 504 g/mol. The number of hydrogen-bond acceptors (Lipinski definition) is 8. The van der Waals surface area contributed by atoms with Crippen LogP contribution in [-0.2, 0) is 9.59 Å². The van der Waals surface area contributed by atoms with E-state index in [0.717, 1.165) is 10.3 Å². The number of carbonyl (C=O) groups excluding carboxylic acids is 2. The second kappa shape index (κ2) is 10.2. The van der Waals surface area contributed by atoms with E-state index in [0.29, 0.717) is 45.6 Å². The lowest BCUT2D eigenvalue weighted by molar-refractivity contribution is -0.132. The minimum atomic E-state index is -1.01. The van der Waals surface area contributed by atoms with Gasteiger partial charge in [-0.25, -0.2) is 4.98 Å². The number of amides is 1. The summed E-state index contributed by atoms with van der Waals surface area (Å²) in [6.45, 7) is 4.34. The van der Waals surface area contributed by atoms with Crippen molar-refractivity contribution < 1.29 is 28.9 Å². The van der Waals surface area contributed by atoms with Crippen molar-refractivity contribution in [1.29, 1.82) is 0 Å². The number of nitrogens with zero attached hydrogens (tertiary/aromatic N) is 2. The van der Waals surface area contributed by atoms with Crippen molar-refractivity contribution in [1.82, 2.24) is 4.98 Å². The summed E-state index contributed by atoms with van der Waals surface area (Å²) >= 11 is 1.26. The summed E-state index contributed by atoms with van der Waals surface area (Å²) < 4.78 is 17.6. The van der Waals surface area contributed by atoms with E-state index >= 15 is 0 Å². The molecule has 194 valence electrons. The molecule has 3 aromatic carbocycles. The summed E-state index contributed by atoms with van der Waals surface area (Å²) in [5.41, 5.74) is 2.50. The Morgan fingerprint density at radius 3 is 2.50 bits per heavy atom. The van der Waals surface area contributed by atoms with Gasteiger partial charge in [0.2, 0.25) is 0 Å². The zero-order chi connectivity index (χ0) is 27.0. The summed E-state index contributed by atoms with van der Waals surface area (Å²) in [6, 6.07) is 16.8. The highest BCUT2D eigenvalue weighted by Crippen LogP contribution is 2.48. The molecule has 0 aliphatic carbocycles. The van der Waals surface area contributed by atoms with E-state index in [1.54, 1.807) is 30.3 Å². The van der Waals surface area contributed by atoms with Gasteiger partial charge < -0.3 is 19.3 Å². The number of fused-ring (bicyclic) bond motifs is 1. The highest BCUT2D eigenvalue weighted by Gasteiger charge is 2.49. The second-order valence-electron chi connectivity index (χ2n) is 8.68. The van der Waals surface area contributed by atoms with Gasteiger partial charge in [0, 0.05) is 11.1 Å². The number of anilines is 1. The molecule has 8 nitrogen and oxygen atoms in total. The van der Waals surface area contributed by atoms with E-state index in [1.165, 1.54) is 30.5 Å². The van der Waals surface area contributed by atoms with Crippen molar-refractivity contribution in [3.63, 3.8) is 0 Å². The lowest BCUT2D eigenvalue weighted by Gasteiger charge is -2.25. The summed E-state index contributed by atoms with van der Waals surface area (Å²) in [5, 5.41) is 11.7. The van der Waals surface area contributed by atoms with Crippen molar-refractivity contribution in [3.8, 4) is 17.2 Å². The fourth-order valence-corrected chi connectivity index (χ4v) is 5.59. The third kappa shape index (κ3) is 4.24. The molecule has 38 heavy (non-hydrogen) atoms. The van der Waals surface area contributed by atoms with Crippen LogP contribution >= 0.6 is 11.3 Å². The third-order valence-electron chi connectivity index (χ3n) is 6.36. The lowest BCUT2D eigenvalue weighted by atomic mass is 9.94. The Bertz CT molecular complexity index is 1570. The average Bonchev–Trinajstić information content (AvgIpc) is 3.45. The molecule has 0 unspecified atom stereocenters. The van der Waals surface area contributed by atoms with Crippen molar-refractivity contribution in [2.24, 2.45) is 0 Å². The summed E-state index contributed by atoms with van der Waals surface area (Å²) in [5.74, 6) is -0.425. The van der Waals surface area contributed by atoms with Crippen LogP contribution in [0.1, 0.15) is 29.7 Å². The number of aryl methyl sites for hydroxylation is 1. The molecule has 1 aromatic heterocycles. The van der Waals surface area contributed by atoms with Crippen molar-refractivity contribution in [2.75, 3.05) is 25.7 Å². The molecule has 5 rings (SSSR count). The van der Waals surface area contributed by atoms with E-state index in [1.807, 2.05) is 44.2 Å². The van der Waals surface area contributed by atoms with E-state index in [-0.39, 0.29) is 11.3 Å². The van der Waals surface area contributed by atoms with Crippen molar-refractivity contribution in [2.45, 2.75) is 19.9 Å². The largest absolute Gasteiger partial charge is 0.507 e. The molecule has 0 bridgehead atoms. The number of para-hydroxylation sites is 1. The lowest BCUT2D eigenvalue weighted by Crippen LogP contribution is -2.29. The first-order chi connectivity index (χ1) is 18.4. The second-order valence-corrected chi connectivity index (χ2v) is 9.69. The van der Waals surface area contributed by atoms with Crippen LogP contribution in [0.4, 0.5) is 5.13 Å². The topological polar surface area (TPSA) is 98.2 Å². The number of aromatic nitrogens is 1. The number of aliphatic hydroxyl groups excluding tert-OH is 1. The molecule has 1 aliphatic rings. The predicted octanol–water partition coefficient (Wildman–Crippen LogP) is 5.65. The maximum Gasteiger partial charge on any atom is 0.301 e. The Balaban J connectivity index is 1.75. The number of methoxy groups -OCH3 is 2. The number of Topliss-reactive ketones (excluding diaryl/α,β-unsaturated/α-hetero) is 1. The minimum Gasteiger partial charge on any atom is -0.507 e. The molecule has 1 fully saturated rings. The van der Waals surface area contributed by atoms with Gasteiger partial charge in [0.1, 0.15) is 17.6 Å². The highest BCUT2D eigenvalue weighted by atomic mass is 32.1. The number of thiazole rings is 1. The summed E-state index contributed by atoms with van der Waals surface area (Å²) in [4.78, 5) is 33.1. The van der Waals surface area contributed by atoms with Crippen molar-refractivity contribution in [3.05, 3.63) is 82.9 Å². The third-order valence-corrected chi connectivity index (χ3v) is 7.38. The molecule has 0 spiro atoms.